The maximum absolute atomic E-state index is 14.1. The van der Waals surface area contributed by atoms with E-state index in [1.807, 2.05) is 55.5 Å². The van der Waals surface area contributed by atoms with Crippen LogP contribution < -0.4 is 5.32 Å². The van der Waals surface area contributed by atoms with E-state index >= 15 is 0 Å². The molecule has 0 spiro atoms. The van der Waals surface area contributed by atoms with E-state index in [0.29, 0.717) is 16.6 Å². The summed E-state index contributed by atoms with van der Waals surface area (Å²) in [5.41, 5.74) is 3.66. The van der Waals surface area contributed by atoms with Gasteiger partial charge >= 0.3 is 12.1 Å². The third kappa shape index (κ3) is 5.74. The van der Waals surface area contributed by atoms with Gasteiger partial charge < -0.3 is 9.47 Å². The van der Waals surface area contributed by atoms with Gasteiger partial charge in [-0.1, -0.05) is 60.1 Å². The van der Waals surface area contributed by atoms with E-state index in [9.17, 15) is 18.4 Å². The first-order valence-electron chi connectivity index (χ1n) is 12.8. The third-order valence-corrected chi connectivity index (χ3v) is 8.27. The van der Waals surface area contributed by atoms with Crippen molar-refractivity contribution in [3.8, 4) is 21.6 Å². The Morgan fingerprint density at radius 3 is 2.23 bits per heavy atom. The highest BCUT2D eigenvalue weighted by Crippen LogP contribution is 2.49. The Morgan fingerprint density at radius 2 is 1.60 bits per heavy atom. The molecule has 1 fully saturated rings. The number of rotatable bonds is 8. The second-order valence-electron chi connectivity index (χ2n) is 9.59. The molecule has 1 aromatic heterocycles. The van der Waals surface area contributed by atoms with E-state index in [4.69, 9.17) is 21.1 Å². The van der Waals surface area contributed by atoms with Crippen LogP contribution in [0.2, 0.25) is 4.34 Å². The largest absolute Gasteiger partial charge is 0.465 e. The van der Waals surface area contributed by atoms with E-state index in [0.717, 1.165) is 58.2 Å². The highest BCUT2D eigenvalue weighted by Gasteiger charge is 2.52. The van der Waals surface area contributed by atoms with Gasteiger partial charge in [-0.05, 0) is 73.2 Å². The van der Waals surface area contributed by atoms with Gasteiger partial charge in [0.15, 0.2) is 0 Å². The molecule has 9 heteroatoms. The molecule has 1 aliphatic carbocycles. The van der Waals surface area contributed by atoms with Crippen LogP contribution in [-0.4, -0.2) is 18.7 Å². The maximum Gasteiger partial charge on any atom is 0.412 e. The highest BCUT2D eigenvalue weighted by molar-refractivity contribution is 7.20. The van der Waals surface area contributed by atoms with Gasteiger partial charge in [0.2, 0.25) is 0 Å². The Hall–Kier alpha value is -3.75. The van der Waals surface area contributed by atoms with E-state index in [-0.39, 0.29) is 11.5 Å². The summed E-state index contributed by atoms with van der Waals surface area (Å²) in [6.07, 6.45) is -0.229. The summed E-state index contributed by atoms with van der Waals surface area (Å²) in [6.45, 7) is 3.64. The topological polar surface area (TPSA) is 64.6 Å². The van der Waals surface area contributed by atoms with Crippen LogP contribution in [0.25, 0.3) is 21.6 Å². The molecule has 1 heterocycles. The number of nitrogens with one attached hydrogen (secondary N) is 1. The van der Waals surface area contributed by atoms with Gasteiger partial charge in [0.05, 0.1) is 26.9 Å². The maximum atomic E-state index is 14.1. The van der Waals surface area contributed by atoms with Gasteiger partial charge in [0.1, 0.15) is 17.7 Å². The molecular weight excluding hydrogens is 556 g/mol. The minimum Gasteiger partial charge on any atom is -0.465 e. The average Bonchev–Trinajstić information content (AvgIpc) is 3.68. The molecule has 5 nitrogen and oxygen atoms in total. The summed E-state index contributed by atoms with van der Waals surface area (Å²) >= 11 is 7.56. The van der Waals surface area contributed by atoms with Crippen molar-refractivity contribution in [3.63, 3.8) is 0 Å². The molecule has 40 heavy (non-hydrogen) atoms. The Balaban J connectivity index is 1.29. The molecule has 1 saturated carbocycles. The van der Waals surface area contributed by atoms with Crippen LogP contribution in [0, 0.1) is 11.6 Å². The lowest BCUT2D eigenvalue weighted by atomic mass is 9.93. The highest BCUT2D eigenvalue weighted by atomic mass is 35.5. The number of hydrogen-bond acceptors (Lipinski definition) is 5. The van der Waals surface area contributed by atoms with Crippen molar-refractivity contribution in [2.45, 2.75) is 38.2 Å². The standard InChI is InChI=1S/C31H26ClF2NO4S/c1-3-38-29(36)31(14-15-31)22-10-8-20(9-11-22)19-4-6-21(7-5-19)28-26(17-27(32)40-28)35-30(37)39-18(2)24-16-23(33)12-13-25(24)34/h4-13,16-18H,3,14-15H2,1-2H3,(H,35,37)/t18-/m1/s1. The zero-order valence-corrected chi connectivity index (χ0v) is 23.4. The predicted octanol–water partition coefficient (Wildman–Crippen LogP) is 8.92. The van der Waals surface area contributed by atoms with E-state index in [1.54, 1.807) is 6.07 Å². The molecule has 4 aromatic rings. The molecule has 0 radical (unpaired) electrons. The molecule has 3 aromatic carbocycles. The second-order valence-corrected chi connectivity index (χ2v) is 11.3. The number of ether oxygens (including phenoxy) is 2. The fourth-order valence-corrected chi connectivity index (χ4v) is 5.84. The number of anilines is 1. The summed E-state index contributed by atoms with van der Waals surface area (Å²) in [4.78, 5) is 25.7. The minimum absolute atomic E-state index is 0.0597. The van der Waals surface area contributed by atoms with Gasteiger partial charge in [-0.25, -0.2) is 13.6 Å². The Kier molecular flexibility index (Phi) is 7.92. The summed E-state index contributed by atoms with van der Waals surface area (Å²) in [7, 11) is 0. The second kappa shape index (κ2) is 11.4. The summed E-state index contributed by atoms with van der Waals surface area (Å²) in [5.74, 6) is -1.45. The average molecular weight is 582 g/mol. The summed E-state index contributed by atoms with van der Waals surface area (Å²) < 4.78 is 38.6. The fourth-order valence-electron chi connectivity index (χ4n) is 4.66. The first kappa shape index (κ1) is 27.8. The lowest BCUT2D eigenvalue weighted by molar-refractivity contribution is -0.146. The Bertz CT molecular complexity index is 1550. The number of carbonyl (C=O) groups is 2. The minimum atomic E-state index is -1.01. The number of carbonyl (C=O) groups excluding carboxylic acids is 2. The lowest BCUT2D eigenvalue weighted by Crippen LogP contribution is -2.23. The first-order chi connectivity index (χ1) is 19.2. The van der Waals surface area contributed by atoms with Gasteiger partial charge in [-0.15, -0.1) is 11.3 Å². The number of thiophene rings is 1. The fraction of sp³-hybridized carbons (Fsp3) is 0.226. The molecule has 0 saturated heterocycles. The van der Waals surface area contributed by atoms with Gasteiger partial charge in [0.25, 0.3) is 0 Å². The predicted molar refractivity (Wildman–Crippen MR) is 153 cm³/mol. The van der Waals surface area contributed by atoms with Crippen molar-refractivity contribution in [1.82, 2.24) is 0 Å². The quantitative estimate of drug-likeness (QED) is 0.211. The number of amides is 1. The SMILES string of the molecule is CCOC(=O)C1(c2ccc(-c3ccc(-c4sc(Cl)cc4NC(=O)O[C@H](C)c4cc(F)ccc4F)cc3)cc2)CC1. The van der Waals surface area contributed by atoms with Crippen LogP contribution in [0.1, 0.15) is 43.9 Å². The van der Waals surface area contributed by atoms with Crippen LogP contribution in [0.5, 0.6) is 0 Å². The van der Waals surface area contributed by atoms with Crippen molar-refractivity contribution in [2.24, 2.45) is 0 Å². The van der Waals surface area contributed by atoms with Crippen molar-refractivity contribution in [1.29, 1.82) is 0 Å². The zero-order valence-electron chi connectivity index (χ0n) is 21.8. The molecule has 0 unspecified atom stereocenters. The van der Waals surface area contributed by atoms with Gasteiger partial charge in [-0.2, -0.15) is 0 Å². The van der Waals surface area contributed by atoms with E-state index in [1.165, 1.54) is 18.3 Å². The summed E-state index contributed by atoms with van der Waals surface area (Å²) in [5, 5.41) is 2.67. The molecule has 0 aliphatic heterocycles. The van der Waals surface area contributed by atoms with Crippen LogP contribution in [0.3, 0.4) is 0 Å². The molecule has 5 rings (SSSR count). The van der Waals surface area contributed by atoms with Gasteiger partial charge in [-0.3, -0.25) is 10.1 Å². The Morgan fingerprint density at radius 1 is 0.975 bits per heavy atom. The van der Waals surface area contributed by atoms with Gasteiger partial charge in [0, 0.05) is 5.56 Å². The van der Waals surface area contributed by atoms with Crippen LogP contribution in [-0.2, 0) is 19.7 Å². The monoisotopic (exact) mass is 581 g/mol. The molecular formula is C31H26ClF2NO4S. The lowest BCUT2D eigenvalue weighted by Gasteiger charge is -2.15. The number of esters is 1. The number of hydrogen-bond donors (Lipinski definition) is 1. The third-order valence-electron chi connectivity index (χ3n) is 6.95. The normalized spacial score (nSPS) is 14.3. The van der Waals surface area contributed by atoms with Crippen molar-refractivity contribution in [3.05, 3.63) is 99.9 Å². The zero-order chi connectivity index (χ0) is 28.4. The molecule has 1 aliphatic rings. The van der Waals surface area contributed by atoms with Crippen LogP contribution >= 0.6 is 22.9 Å². The Labute approximate surface area is 239 Å². The number of halogens is 3. The first-order valence-corrected chi connectivity index (χ1v) is 14.0. The van der Waals surface area contributed by atoms with Crippen LogP contribution in [0.15, 0.2) is 72.8 Å². The van der Waals surface area contributed by atoms with E-state index in [2.05, 4.69) is 5.32 Å². The van der Waals surface area contributed by atoms with Crippen molar-refractivity contribution >= 4 is 40.7 Å². The molecule has 0 bridgehead atoms. The smallest absolute Gasteiger partial charge is 0.412 e. The molecule has 206 valence electrons. The molecule has 1 N–H and O–H groups in total. The number of benzene rings is 3. The van der Waals surface area contributed by atoms with E-state index < -0.39 is 29.2 Å². The van der Waals surface area contributed by atoms with Crippen molar-refractivity contribution < 1.29 is 27.8 Å². The van der Waals surface area contributed by atoms with Crippen LogP contribution in [0.4, 0.5) is 19.3 Å². The molecule has 1 amide bonds. The summed E-state index contributed by atoms with van der Waals surface area (Å²) in [6, 6.07) is 20.3. The van der Waals surface area contributed by atoms with Crippen molar-refractivity contribution in [2.75, 3.05) is 11.9 Å². The molecule has 1 atom stereocenters.